The Bertz CT molecular complexity index is 520. The van der Waals surface area contributed by atoms with Crippen LogP contribution in [0.25, 0.3) is 5.57 Å². The summed E-state index contributed by atoms with van der Waals surface area (Å²) < 4.78 is 0. The van der Waals surface area contributed by atoms with Gasteiger partial charge < -0.3 is 15.4 Å². The third-order valence-corrected chi connectivity index (χ3v) is 3.36. The van der Waals surface area contributed by atoms with Crippen molar-refractivity contribution in [2.75, 3.05) is 13.2 Å². The lowest BCUT2D eigenvalue weighted by atomic mass is 10.0. The summed E-state index contributed by atoms with van der Waals surface area (Å²) in [6.45, 7) is 5.04. The van der Waals surface area contributed by atoms with Gasteiger partial charge >= 0.3 is 0 Å². The quantitative estimate of drug-likeness (QED) is 0.706. The lowest BCUT2D eigenvalue weighted by Gasteiger charge is -2.18. The van der Waals surface area contributed by atoms with Gasteiger partial charge in [0.05, 0.1) is 18.6 Å². The van der Waals surface area contributed by atoms with E-state index in [-0.39, 0.29) is 18.2 Å². The molecule has 1 aliphatic carbocycles. The summed E-state index contributed by atoms with van der Waals surface area (Å²) in [4.78, 5) is 18.4. The van der Waals surface area contributed by atoms with Crippen molar-refractivity contribution < 1.29 is 5.11 Å². The van der Waals surface area contributed by atoms with Crippen molar-refractivity contribution in [2.45, 2.75) is 32.7 Å². The van der Waals surface area contributed by atoms with Crippen molar-refractivity contribution in [3.8, 4) is 0 Å². The number of nitrogens with zero attached hydrogens (tertiary/aromatic N) is 1. The van der Waals surface area contributed by atoms with E-state index >= 15 is 0 Å². The molecular weight excluding hydrogens is 242 g/mol. The molecule has 1 aliphatic rings. The maximum atomic E-state index is 11.6. The van der Waals surface area contributed by atoms with Crippen LogP contribution < -0.4 is 10.9 Å². The number of aliphatic hydroxyl groups excluding tert-OH is 1. The maximum Gasteiger partial charge on any atom is 0.254 e. The van der Waals surface area contributed by atoms with E-state index in [1.807, 2.05) is 6.08 Å². The van der Waals surface area contributed by atoms with Gasteiger partial charge in [-0.15, -0.1) is 0 Å². The first kappa shape index (κ1) is 14.0. The smallest absolute Gasteiger partial charge is 0.254 e. The molecule has 0 spiro atoms. The average molecular weight is 263 g/mol. The summed E-state index contributed by atoms with van der Waals surface area (Å²) in [5, 5.41) is 12.7. The van der Waals surface area contributed by atoms with E-state index in [1.165, 1.54) is 6.33 Å². The largest absolute Gasteiger partial charge is 0.395 e. The second-order valence-corrected chi connectivity index (χ2v) is 5.38. The molecule has 1 unspecified atom stereocenters. The molecule has 0 amide bonds. The van der Waals surface area contributed by atoms with Crippen LogP contribution >= 0.6 is 0 Å². The van der Waals surface area contributed by atoms with E-state index < -0.39 is 0 Å². The fraction of sp³-hybridized carbons (Fsp3) is 0.571. The second-order valence-electron chi connectivity index (χ2n) is 5.38. The monoisotopic (exact) mass is 263 g/mol. The van der Waals surface area contributed by atoms with Gasteiger partial charge in [-0.25, -0.2) is 4.98 Å². The van der Waals surface area contributed by atoms with E-state index in [0.29, 0.717) is 18.9 Å². The summed E-state index contributed by atoms with van der Waals surface area (Å²) >= 11 is 0. The molecule has 0 saturated heterocycles. The van der Waals surface area contributed by atoms with Crippen LogP contribution in [0.5, 0.6) is 0 Å². The van der Waals surface area contributed by atoms with Crippen LogP contribution in [-0.2, 0) is 6.42 Å². The molecule has 19 heavy (non-hydrogen) atoms. The Hall–Kier alpha value is -1.46. The van der Waals surface area contributed by atoms with Crippen molar-refractivity contribution in [3.05, 3.63) is 34.0 Å². The minimum absolute atomic E-state index is 0.0582. The molecule has 0 fully saturated rings. The number of hydrogen-bond acceptors (Lipinski definition) is 4. The van der Waals surface area contributed by atoms with Crippen molar-refractivity contribution in [3.63, 3.8) is 0 Å². The van der Waals surface area contributed by atoms with Crippen LogP contribution in [0.2, 0.25) is 0 Å². The number of allylic oxidation sites excluding steroid dienone is 1. The molecule has 5 nitrogen and oxygen atoms in total. The number of fused-ring (bicyclic) bond motifs is 1. The Morgan fingerprint density at radius 1 is 1.53 bits per heavy atom. The lowest BCUT2D eigenvalue weighted by Crippen LogP contribution is -2.34. The minimum atomic E-state index is -0.0582. The summed E-state index contributed by atoms with van der Waals surface area (Å²) in [5.41, 5.74) is 2.52. The number of H-pyrrole nitrogens is 1. The molecule has 5 heteroatoms. The Labute approximate surface area is 112 Å². The van der Waals surface area contributed by atoms with E-state index in [9.17, 15) is 9.90 Å². The standard InChI is InChI=1S/C14H21N3O2/c1-9(2)5-11(7-18)15-6-10-3-4-12-13(10)16-8-17-14(12)19/h3,8-9,11,15,18H,4-7H2,1-2H3,(H,16,17,19). The molecule has 2 rings (SSSR count). The van der Waals surface area contributed by atoms with E-state index in [0.717, 1.165) is 23.3 Å². The molecule has 1 aromatic rings. The highest BCUT2D eigenvalue weighted by Crippen LogP contribution is 2.21. The van der Waals surface area contributed by atoms with Crippen molar-refractivity contribution in [2.24, 2.45) is 5.92 Å². The van der Waals surface area contributed by atoms with Gasteiger partial charge in [-0.3, -0.25) is 4.79 Å². The fourth-order valence-electron chi connectivity index (χ4n) is 2.42. The van der Waals surface area contributed by atoms with E-state index in [1.54, 1.807) is 0 Å². The van der Waals surface area contributed by atoms with Gasteiger partial charge in [0.25, 0.3) is 5.56 Å². The molecular formula is C14H21N3O2. The molecule has 1 atom stereocenters. The highest BCUT2D eigenvalue weighted by atomic mass is 16.3. The van der Waals surface area contributed by atoms with Crippen LogP contribution in [0, 0.1) is 5.92 Å². The molecule has 1 aromatic heterocycles. The van der Waals surface area contributed by atoms with E-state index in [4.69, 9.17) is 0 Å². The first-order valence-corrected chi connectivity index (χ1v) is 6.72. The van der Waals surface area contributed by atoms with Gasteiger partial charge in [-0.05, 0) is 24.3 Å². The molecule has 0 aromatic carbocycles. The van der Waals surface area contributed by atoms with Crippen molar-refractivity contribution in [1.82, 2.24) is 15.3 Å². The first-order valence-electron chi connectivity index (χ1n) is 6.72. The topological polar surface area (TPSA) is 78.0 Å². The normalized spacial score (nSPS) is 15.5. The predicted molar refractivity (Wildman–Crippen MR) is 74.9 cm³/mol. The fourth-order valence-corrected chi connectivity index (χ4v) is 2.42. The highest BCUT2D eigenvalue weighted by Gasteiger charge is 2.19. The Kier molecular flexibility index (Phi) is 4.50. The van der Waals surface area contributed by atoms with Crippen LogP contribution in [0.1, 0.15) is 31.5 Å². The lowest BCUT2D eigenvalue weighted by molar-refractivity contribution is 0.228. The minimum Gasteiger partial charge on any atom is -0.395 e. The number of rotatable bonds is 6. The molecule has 0 bridgehead atoms. The Balaban J connectivity index is 1.99. The summed E-state index contributed by atoms with van der Waals surface area (Å²) in [6.07, 6.45) is 5.05. The van der Waals surface area contributed by atoms with E-state index in [2.05, 4.69) is 29.1 Å². The summed E-state index contributed by atoms with van der Waals surface area (Å²) in [7, 11) is 0. The van der Waals surface area contributed by atoms with Gasteiger partial charge in [0.15, 0.2) is 0 Å². The Morgan fingerprint density at radius 2 is 2.32 bits per heavy atom. The number of hydrogen-bond donors (Lipinski definition) is 3. The van der Waals surface area contributed by atoms with Gasteiger partial charge in [-0.2, -0.15) is 0 Å². The van der Waals surface area contributed by atoms with Gasteiger partial charge in [-0.1, -0.05) is 19.9 Å². The number of aromatic nitrogens is 2. The summed E-state index contributed by atoms with van der Waals surface area (Å²) in [5.74, 6) is 0.537. The Morgan fingerprint density at radius 3 is 3.00 bits per heavy atom. The van der Waals surface area contributed by atoms with Crippen LogP contribution in [0.15, 0.2) is 17.2 Å². The van der Waals surface area contributed by atoms with Crippen LogP contribution in [0.4, 0.5) is 0 Å². The van der Waals surface area contributed by atoms with Crippen molar-refractivity contribution in [1.29, 1.82) is 0 Å². The zero-order valence-electron chi connectivity index (χ0n) is 11.4. The number of nitrogens with one attached hydrogen (secondary N) is 2. The molecule has 0 aliphatic heterocycles. The third kappa shape index (κ3) is 3.30. The summed E-state index contributed by atoms with van der Waals surface area (Å²) in [6, 6.07) is 0.0898. The number of aromatic amines is 1. The molecule has 3 N–H and O–H groups in total. The van der Waals surface area contributed by atoms with Crippen molar-refractivity contribution >= 4 is 5.57 Å². The van der Waals surface area contributed by atoms with Gasteiger partial charge in [0.1, 0.15) is 0 Å². The second kappa shape index (κ2) is 6.12. The van der Waals surface area contributed by atoms with Crippen LogP contribution in [0.3, 0.4) is 0 Å². The molecule has 104 valence electrons. The van der Waals surface area contributed by atoms with Crippen LogP contribution in [-0.4, -0.2) is 34.3 Å². The highest BCUT2D eigenvalue weighted by molar-refractivity contribution is 5.70. The predicted octanol–water partition coefficient (Wildman–Crippen LogP) is 0.706. The zero-order valence-corrected chi connectivity index (χ0v) is 11.4. The number of aliphatic hydroxyl groups is 1. The van der Waals surface area contributed by atoms with Gasteiger partial charge in [0.2, 0.25) is 0 Å². The molecule has 0 saturated carbocycles. The average Bonchev–Trinajstić information content (AvgIpc) is 2.79. The molecule has 1 heterocycles. The molecule has 0 radical (unpaired) electrons. The first-order chi connectivity index (χ1) is 9.11. The van der Waals surface area contributed by atoms with Gasteiger partial charge in [0, 0.05) is 18.2 Å². The maximum absolute atomic E-state index is 11.6. The third-order valence-electron chi connectivity index (χ3n) is 3.36. The zero-order chi connectivity index (χ0) is 13.8. The SMILES string of the molecule is CC(C)CC(CO)NCC1=CCc2c1nc[nH]c2=O.